The Kier molecular flexibility index (Phi) is 6.39. The van der Waals surface area contributed by atoms with Gasteiger partial charge in [0.05, 0.1) is 26.4 Å². The molecule has 3 rings (SSSR count). The van der Waals surface area contributed by atoms with Crippen LogP contribution in [0.2, 0.25) is 0 Å². The molecule has 29 heavy (non-hydrogen) atoms. The molecule has 154 valence electrons. The van der Waals surface area contributed by atoms with Gasteiger partial charge in [-0.3, -0.25) is 18.9 Å². The normalized spacial score (nSPS) is 11.5. The summed E-state index contributed by atoms with van der Waals surface area (Å²) in [5.41, 5.74) is 1.18. The molecule has 1 aromatic heterocycles. The van der Waals surface area contributed by atoms with E-state index in [1.807, 2.05) is 13.8 Å². The van der Waals surface area contributed by atoms with E-state index in [0.29, 0.717) is 17.8 Å². The van der Waals surface area contributed by atoms with E-state index in [0.717, 1.165) is 29.7 Å². The number of fused-ring (bicyclic) bond motifs is 1. The van der Waals surface area contributed by atoms with E-state index in [1.165, 1.54) is 12.1 Å². The lowest BCUT2D eigenvalue weighted by molar-refractivity contribution is 0.0954. The van der Waals surface area contributed by atoms with Gasteiger partial charge in [-0.1, -0.05) is 37.3 Å². The molecule has 0 radical (unpaired) electrons. The van der Waals surface area contributed by atoms with Crippen LogP contribution in [0.25, 0.3) is 10.2 Å². The van der Waals surface area contributed by atoms with Crippen molar-refractivity contribution in [1.82, 2.24) is 9.88 Å². The average molecular weight is 434 g/mol. The fourth-order valence-corrected chi connectivity index (χ4v) is 5.09. The van der Waals surface area contributed by atoms with E-state index in [1.54, 1.807) is 34.9 Å². The Labute approximate surface area is 173 Å². The third-order valence-corrected chi connectivity index (χ3v) is 6.65. The van der Waals surface area contributed by atoms with Crippen molar-refractivity contribution in [3.63, 3.8) is 0 Å². The number of anilines is 1. The third kappa shape index (κ3) is 4.51. The minimum atomic E-state index is -3.93. The molecule has 0 atom stereocenters. The van der Waals surface area contributed by atoms with E-state index in [-0.39, 0.29) is 26.9 Å². The number of thiazole rings is 1. The first kappa shape index (κ1) is 21.1. The third-order valence-electron chi connectivity index (χ3n) is 4.35. The van der Waals surface area contributed by atoms with Gasteiger partial charge in [0.2, 0.25) is 0 Å². The SMILES string of the molecule is CCCNC(=O)c1ccccc1NS(=O)(=O)c1ccc2c(c1)sc(=O)n2CCC. The predicted molar refractivity (Wildman–Crippen MR) is 116 cm³/mol. The molecule has 0 saturated carbocycles. The van der Waals surface area contributed by atoms with Crippen molar-refractivity contribution >= 4 is 43.2 Å². The number of aromatic nitrogens is 1. The van der Waals surface area contributed by atoms with Gasteiger partial charge in [0.15, 0.2) is 0 Å². The molecule has 7 nitrogen and oxygen atoms in total. The van der Waals surface area contributed by atoms with Crippen LogP contribution in [0.5, 0.6) is 0 Å². The predicted octanol–water partition coefficient (Wildman–Crippen LogP) is 3.41. The number of hydrogen-bond acceptors (Lipinski definition) is 5. The van der Waals surface area contributed by atoms with Crippen LogP contribution in [-0.2, 0) is 16.6 Å². The first-order valence-electron chi connectivity index (χ1n) is 9.40. The van der Waals surface area contributed by atoms with Gasteiger partial charge in [0.1, 0.15) is 0 Å². The number of hydrogen-bond donors (Lipinski definition) is 2. The van der Waals surface area contributed by atoms with Gasteiger partial charge in [-0.2, -0.15) is 0 Å². The second-order valence-corrected chi connectivity index (χ2v) is 9.23. The summed E-state index contributed by atoms with van der Waals surface area (Å²) in [4.78, 5) is 24.4. The van der Waals surface area contributed by atoms with E-state index >= 15 is 0 Å². The summed E-state index contributed by atoms with van der Waals surface area (Å²) in [7, 11) is -3.93. The molecule has 0 fully saturated rings. The second-order valence-electron chi connectivity index (χ2n) is 6.56. The molecule has 0 aliphatic rings. The van der Waals surface area contributed by atoms with Gasteiger partial charge < -0.3 is 5.32 Å². The van der Waals surface area contributed by atoms with Gasteiger partial charge in [0.25, 0.3) is 15.9 Å². The van der Waals surface area contributed by atoms with Crippen molar-refractivity contribution in [3.05, 3.63) is 57.7 Å². The molecular weight excluding hydrogens is 410 g/mol. The molecule has 0 aliphatic heterocycles. The quantitative estimate of drug-likeness (QED) is 0.569. The summed E-state index contributed by atoms with van der Waals surface area (Å²) >= 11 is 1.02. The maximum Gasteiger partial charge on any atom is 0.308 e. The molecule has 2 aromatic carbocycles. The highest BCUT2D eigenvalue weighted by Crippen LogP contribution is 2.25. The van der Waals surface area contributed by atoms with Crippen molar-refractivity contribution < 1.29 is 13.2 Å². The number of para-hydroxylation sites is 1. The minimum Gasteiger partial charge on any atom is -0.352 e. The highest BCUT2D eigenvalue weighted by atomic mass is 32.2. The summed E-state index contributed by atoms with van der Waals surface area (Å²) in [5.74, 6) is -0.338. The Balaban J connectivity index is 1.95. The lowest BCUT2D eigenvalue weighted by atomic mass is 10.1. The van der Waals surface area contributed by atoms with Crippen LogP contribution in [-0.4, -0.2) is 25.4 Å². The summed E-state index contributed by atoms with van der Waals surface area (Å²) in [6.45, 7) is 5.01. The van der Waals surface area contributed by atoms with E-state index < -0.39 is 10.0 Å². The van der Waals surface area contributed by atoms with Gasteiger partial charge >= 0.3 is 4.87 Å². The second kappa shape index (κ2) is 8.79. The highest BCUT2D eigenvalue weighted by molar-refractivity contribution is 7.92. The molecular formula is C20H23N3O4S2. The Morgan fingerprint density at radius 2 is 1.86 bits per heavy atom. The van der Waals surface area contributed by atoms with Crippen LogP contribution in [0.1, 0.15) is 37.0 Å². The average Bonchev–Trinajstić information content (AvgIpc) is 3.01. The fraction of sp³-hybridized carbons (Fsp3) is 0.300. The van der Waals surface area contributed by atoms with Crippen molar-refractivity contribution in [3.8, 4) is 0 Å². The van der Waals surface area contributed by atoms with Crippen LogP contribution >= 0.6 is 11.3 Å². The summed E-state index contributed by atoms with van der Waals surface area (Å²) in [6.07, 6.45) is 1.59. The summed E-state index contributed by atoms with van der Waals surface area (Å²) in [5, 5.41) is 2.75. The van der Waals surface area contributed by atoms with Crippen LogP contribution in [0.15, 0.2) is 52.2 Å². The zero-order valence-electron chi connectivity index (χ0n) is 16.3. The number of aryl methyl sites for hydroxylation is 1. The fourth-order valence-electron chi connectivity index (χ4n) is 2.96. The number of sulfonamides is 1. The van der Waals surface area contributed by atoms with E-state index in [2.05, 4.69) is 10.0 Å². The van der Waals surface area contributed by atoms with Gasteiger partial charge in [-0.05, 0) is 43.2 Å². The number of benzene rings is 2. The van der Waals surface area contributed by atoms with Gasteiger partial charge in [-0.15, -0.1) is 0 Å². The smallest absolute Gasteiger partial charge is 0.308 e. The minimum absolute atomic E-state index is 0.0404. The van der Waals surface area contributed by atoms with Gasteiger partial charge in [-0.25, -0.2) is 8.42 Å². The molecule has 0 aliphatic carbocycles. The maximum absolute atomic E-state index is 12.9. The Morgan fingerprint density at radius 3 is 2.59 bits per heavy atom. The van der Waals surface area contributed by atoms with Gasteiger partial charge in [0, 0.05) is 13.1 Å². The lowest BCUT2D eigenvalue weighted by Gasteiger charge is -2.13. The highest BCUT2D eigenvalue weighted by Gasteiger charge is 2.20. The number of nitrogens with one attached hydrogen (secondary N) is 2. The molecule has 1 heterocycles. The van der Waals surface area contributed by atoms with Crippen molar-refractivity contribution in [2.24, 2.45) is 0 Å². The van der Waals surface area contributed by atoms with Crippen molar-refractivity contribution in [1.29, 1.82) is 0 Å². The Bertz CT molecular complexity index is 1200. The van der Waals surface area contributed by atoms with E-state index in [4.69, 9.17) is 0 Å². The monoisotopic (exact) mass is 433 g/mol. The van der Waals surface area contributed by atoms with Crippen LogP contribution in [0.4, 0.5) is 5.69 Å². The van der Waals surface area contributed by atoms with Crippen LogP contribution < -0.4 is 14.9 Å². The number of carbonyl (C=O) groups excluding carboxylic acids is 1. The number of carbonyl (C=O) groups is 1. The lowest BCUT2D eigenvalue weighted by Crippen LogP contribution is -2.25. The van der Waals surface area contributed by atoms with Crippen LogP contribution in [0, 0.1) is 0 Å². The molecule has 1 amide bonds. The zero-order valence-corrected chi connectivity index (χ0v) is 17.9. The van der Waals surface area contributed by atoms with E-state index in [9.17, 15) is 18.0 Å². The summed E-state index contributed by atoms with van der Waals surface area (Å²) in [6, 6.07) is 11.1. The number of amides is 1. The topological polar surface area (TPSA) is 97.3 Å². The first-order chi connectivity index (χ1) is 13.9. The van der Waals surface area contributed by atoms with Crippen molar-refractivity contribution in [2.75, 3.05) is 11.3 Å². The first-order valence-corrected chi connectivity index (χ1v) is 11.7. The number of nitrogens with zero attached hydrogens (tertiary/aromatic N) is 1. The Hall–Kier alpha value is -2.65. The molecule has 3 aromatic rings. The zero-order chi connectivity index (χ0) is 21.0. The molecule has 9 heteroatoms. The maximum atomic E-state index is 12.9. The van der Waals surface area contributed by atoms with Crippen molar-refractivity contribution in [2.45, 2.75) is 38.1 Å². The largest absolute Gasteiger partial charge is 0.352 e. The molecule has 0 unspecified atom stereocenters. The molecule has 0 saturated heterocycles. The molecule has 0 bridgehead atoms. The Morgan fingerprint density at radius 1 is 1.10 bits per heavy atom. The summed E-state index contributed by atoms with van der Waals surface area (Å²) < 4.78 is 30.6. The van der Waals surface area contributed by atoms with Crippen LogP contribution in [0.3, 0.4) is 0 Å². The standard InChI is InChI=1S/C20H23N3O4S2/c1-3-11-21-19(24)15-7-5-6-8-16(15)22-29(26,27)14-9-10-17-18(13-14)28-20(25)23(17)12-4-2/h5-10,13,22H,3-4,11-12H2,1-2H3,(H,21,24). The molecule has 0 spiro atoms. The number of rotatable bonds is 8. The molecule has 2 N–H and O–H groups in total.